The molecule has 1 rings (SSSR count). The Morgan fingerprint density at radius 1 is 1.28 bits per heavy atom. The van der Waals surface area contributed by atoms with Gasteiger partial charge in [0, 0.05) is 7.11 Å². The number of ether oxygens (including phenoxy) is 2. The Bertz CT molecular complexity index is 369. The molecule has 0 unspecified atom stereocenters. The van der Waals surface area contributed by atoms with Crippen molar-refractivity contribution < 1.29 is 24.2 Å². The number of aromatic carboxylic acids is 1. The number of carboxylic acid groups (broad SMARTS) is 1. The molecule has 0 spiro atoms. The van der Waals surface area contributed by atoms with Crippen molar-refractivity contribution in [1.29, 1.82) is 0 Å². The second-order valence-electron chi connectivity index (χ2n) is 3.39. The van der Waals surface area contributed by atoms with Crippen LogP contribution in [0.1, 0.15) is 10.4 Å². The molecule has 6 heteroatoms. The Morgan fingerprint density at radius 2 is 2.06 bits per heavy atom. The van der Waals surface area contributed by atoms with Gasteiger partial charge in [-0.3, -0.25) is 4.84 Å². The summed E-state index contributed by atoms with van der Waals surface area (Å²) >= 11 is 0. The molecular weight excluding hydrogens is 238 g/mol. The van der Waals surface area contributed by atoms with Crippen molar-refractivity contribution in [3.63, 3.8) is 0 Å². The van der Waals surface area contributed by atoms with Gasteiger partial charge in [-0.15, -0.1) is 0 Å². The molecule has 0 aromatic heterocycles. The van der Waals surface area contributed by atoms with E-state index in [1.165, 1.54) is 6.07 Å². The highest BCUT2D eigenvalue weighted by Gasteiger charge is 2.09. The minimum atomic E-state index is -1.00. The van der Waals surface area contributed by atoms with Crippen LogP contribution >= 0.6 is 0 Å². The molecule has 1 aromatic rings. The number of methoxy groups -OCH3 is 1. The van der Waals surface area contributed by atoms with Gasteiger partial charge >= 0.3 is 5.97 Å². The fourth-order valence-electron chi connectivity index (χ4n) is 1.24. The monoisotopic (exact) mass is 255 g/mol. The van der Waals surface area contributed by atoms with Gasteiger partial charge in [-0.05, 0) is 12.1 Å². The maximum Gasteiger partial charge on any atom is 0.339 e. The molecule has 0 atom stereocenters. The number of rotatable bonds is 9. The van der Waals surface area contributed by atoms with Crippen molar-refractivity contribution in [3.8, 4) is 5.75 Å². The van der Waals surface area contributed by atoms with Crippen LogP contribution in [0.2, 0.25) is 0 Å². The molecule has 0 bridgehead atoms. The van der Waals surface area contributed by atoms with Gasteiger partial charge in [-0.25, -0.2) is 4.79 Å². The summed E-state index contributed by atoms with van der Waals surface area (Å²) in [6.07, 6.45) is 0. The largest absolute Gasteiger partial charge is 0.491 e. The zero-order valence-electron chi connectivity index (χ0n) is 10.2. The summed E-state index contributed by atoms with van der Waals surface area (Å²) in [7, 11) is 1.59. The lowest BCUT2D eigenvalue weighted by Gasteiger charge is -2.09. The SMILES string of the molecule is COCCONCCOc1ccccc1C(=O)O. The van der Waals surface area contributed by atoms with Gasteiger partial charge < -0.3 is 14.6 Å². The van der Waals surface area contributed by atoms with E-state index in [0.29, 0.717) is 32.1 Å². The normalized spacial score (nSPS) is 10.3. The van der Waals surface area contributed by atoms with Gasteiger partial charge in [0.25, 0.3) is 0 Å². The van der Waals surface area contributed by atoms with Crippen LogP contribution in [0.3, 0.4) is 0 Å². The van der Waals surface area contributed by atoms with E-state index in [-0.39, 0.29) is 5.56 Å². The molecule has 1 aromatic carbocycles. The van der Waals surface area contributed by atoms with Gasteiger partial charge in [0.2, 0.25) is 0 Å². The Morgan fingerprint density at radius 3 is 2.78 bits per heavy atom. The number of hydroxylamine groups is 1. The van der Waals surface area contributed by atoms with E-state index in [9.17, 15) is 4.79 Å². The molecule has 0 fully saturated rings. The van der Waals surface area contributed by atoms with Crippen molar-refractivity contribution in [2.24, 2.45) is 0 Å². The van der Waals surface area contributed by atoms with E-state index >= 15 is 0 Å². The first-order chi connectivity index (χ1) is 8.75. The van der Waals surface area contributed by atoms with E-state index in [1.54, 1.807) is 25.3 Å². The lowest BCUT2D eigenvalue weighted by molar-refractivity contribution is 0.00252. The summed E-state index contributed by atoms with van der Waals surface area (Å²) in [4.78, 5) is 15.9. The first-order valence-electron chi connectivity index (χ1n) is 5.54. The van der Waals surface area contributed by atoms with E-state index in [4.69, 9.17) is 19.4 Å². The molecule has 0 aliphatic rings. The minimum Gasteiger partial charge on any atom is -0.491 e. The molecular formula is C12H17NO5. The zero-order valence-corrected chi connectivity index (χ0v) is 10.2. The molecule has 2 N–H and O–H groups in total. The number of carbonyl (C=O) groups is 1. The summed E-state index contributed by atoms with van der Waals surface area (Å²) in [6.45, 7) is 1.73. The van der Waals surface area contributed by atoms with Crippen molar-refractivity contribution in [3.05, 3.63) is 29.8 Å². The predicted octanol–water partition coefficient (Wildman–Crippen LogP) is 0.931. The number of para-hydroxylation sites is 1. The second kappa shape index (κ2) is 8.46. The lowest BCUT2D eigenvalue weighted by atomic mass is 10.2. The van der Waals surface area contributed by atoms with Crippen LogP contribution in [0, 0.1) is 0 Å². The van der Waals surface area contributed by atoms with Crippen LogP contribution in [-0.4, -0.2) is 44.6 Å². The average Bonchev–Trinajstić information content (AvgIpc) is 2.38. The quantitative estimate of drug-likeness (QED) is 0.505. The van der Waals surface area contributed by atoms with Crippen LogP contribution in [0.25, 0.3) is 0 Å². The third-order valence-electron chi connectivity index (χ3n) is 2.07. The summed E-state index contributed by atoms with van der Waals surface area (Å²) in [5.74, 6) is -0.654. The predicted molar refractivity (Wildman–Crippen MR) is 64.7 cm³/mol. The maximum absolute atomic E-state index is 10.9. The summed E-state index contributed by atoms with van der Waals surface area (Å²) < 4.78 is 10.1. The van der Waals surface area contributed by atoms with Crippen LogP contribution in [-0.2, 0) is 9.57 Å². The van der Waals surface area contributed by atoms with Gasteiger partial charge in [0.15, 0.2) is 0 Å². The molecule has 0 saturated carbocycles. The Labute approximate surface area is 105 Å². The molecule has 100 valence electrons. The zero-order chi connectivity index (χ0) is 13.2. The third kappa shape index (κ3) is 5.13. The third-order valence-corrected chi connectivity index (χ3v) is 2.07. The molecule has 0 aliphatic heterocycles. The van der Waals surface area contributed by atoms with Gasteiger partial charge in [-0.1, -0.05) is 12.1 Å². The Kier molecular flexibility index (Phi) is 6.78. The van der Waals surface area contributed by atoms with Crippen molar-refractivity contribution in [1.82, 2.24) is 5.48 Å². The molecule has 6 nitrogen and oxygen atoms in total. The Hall–Kier alpha value is -1.63. The second-order valence-corrected chi connectivity index (χ2v) is 3.39. The lowest BCUT2D eigenvalue weighted by Crippen LogP contribution is -2.23. The van der Waals surface area contributed by atoms with E-state index < -0.39 is 5.97 Å². The van der Waals surface area contributed by atoms with E-state index in [2.05, 4.69) is 5.48 Å². The summed E-state index contributed by atoms with van der Waals surface area (Å²) in [5.41, 5.74) is 2.84. The molecule has 0 amide bonds. The number of benzene rings is 1. The molecule has 0 heterocycles. The van der Waals surface area contributed by atoms with Crippen molar-refractivity contribution in [2.75, 3.05) is 33.5 Å². The van der Waals surface area contributed by atoms with E-state index in [1.807, 2.05) is 0 Å². The number of nitrogens with one attached hydrogen (secondary N) is 1. The topological polar surface area (TPSA) is 77.0 Å². The smallest absolute Gasteiger partial charge is 0.339 e. The first-order valence-corrected chi connectivity index (χ1v) is 5.54. The summed E-state index contributed by atoms with van der Waals surface area (Å²) in [5, 5.41) is 8.93. The van der Waals surface area contributed by atoms with Crippen LogP contribution in [0.5, 0.6) is 5.75 Å². The van der Waals surface area contributed by atoms with Gasteiger partial charge in [-0.2, -0.15) is 5.48 Å². The van der Waals surface area contributed by atoms with Crippen LogP contribution < -0.4 is 10.2 Å². The molecule has 18 heavy (non-hydrogen) atoms. The molecule has 0 aliphatic carbocycles. The van der Waals surface area contributed by atoms with Crippen molar-refractivity contribution >= 4 is 5.97 Å². The number of hydrogen-bond acceptors (Lipinski definition) is 5. The number of carboxylic acids is 1. The Balaban J connectivity index is 2.25. The molecule has 0 radical (unpaired) electrons. The molecule has 0 saturated heterocycles. The van der Waals surface area contributed by atoms with Gasteiger partial charge in [0.05, 0.1) is 19.8 Å². The fraction of sp³-hybridized carbons (Fsp3) is 0.417. The minimum absolute atomic E-state index is 0.151. The number of hydrogen-bond donors (Lipinski definition) is 2. The van der Waals surface area contributed by atoms with E-state index in [0.717, 1.165) is 0 Å². The average molecular weight is 255 g/mol. The fourth-order valence-corrected chi connectivity index (χ4v) is 1.24. The van der Waals surface area contributed by atoms with Crippen LogP contribution in [0.4, 0.5) is 0 Å². The highest BCUT2D eigenvalue weighted by atomic mass is 16.7. The standard InChI is InChI=1S/C12H17NO5/c1-16-8-9-18-13-6-7-17-11-5-3-2-4-10(11)12(14)15/h2-5,13H,6-9H2,1H3,(H,14,15). The first kappa shape index (κ1) is 14.4. The van der Waals surface area contributed by atoms with Crippen LogP contribution in [0.15, 0.2) is 24.3 Å². The summed E-state index contributed by atoms with van der Waals surface area (Å²) in [6, 6.07) is 6.50. The maximum atomic E-state index is 10.9. The highest BCUT2D eigenvalue weighted by Crippen LogP contribution is 2.17. The van der Waals surface area contributed by atoms with Crippen molar-refractivity contribution in [2.45, 2.75) is 0 Å². The highest BCUT2D eigenvalue weighted by molar-refractivity contribution is 5.90. The van der Waals surface area contributed by atoms with Gasteiger partial charge in [0.1, 0.15) is 17.9 Å².